The molecule has 0 fully saturated rings. The SMILES string of the molecule is CCCC[NH+]1CCc2cccc3c2[C@H]1Cc1ccc(O)c(O)c1-3.[Cl-]. The molecule has 1 unspecified atom stereocenters. The molecule has 2 aromatic carbocycles. The first-order valence-electron chi connectivity index (χ1n) is 8.71. The number of nitrogens with one attached hydrogen (secondary N) is 1. The maximum absolute atomic E-state index is 10.4. The van der Waals surface area contributed by atoms with E-state index in [2.05, 4.69) is 25.1 Å². The van der Waals surface area contributed by atoms with Crippen LogP contribution in [0, 0.1) is 0 Å². The largest absolute Gasteiger partial charge is 1.00 e. The Bertz CT molecular complexity index is 760. The minimum absolute atomic E-state index is 0. The van der Waals surface area contributed by atoms with Crippen molar-refractivity contribution in [2.75, 3.05) is 13.1 Å². The molecule has 1 heterocycles. The molecule has 4 heteroatoms. The van der Waals surface area contributed by atoms with E-state index in [0.717, 1.165) is 29.5 Å². The number of rotatable bonds is 3. The van der Waals surface area contributed by atoms with Gasteiger partial charge in [-0.3, -0.25) is 0 Å². The first-order chi connectivity index (χ1) is 11.2. The normalized spacial score (nSPS) is 20.7. The van der Waals surface area contributed by atoms with Gasteiger partial charge in [-0.2, -0.15) is 0 Å². The summed E-state index contributed by atoms with van der Waals surface area (Å²) in [5, 5.41) is 20.3. The lowest BCUT2D eigenvalue weighted by molar-refractivity contribution is -0.934. The van der Waals surface area contributed by atoms with Crippen molar-refractivity contribution in [1.29, 1.82) is 0 Å². The Kier molecular flexibility index (Phi) is 4.75. The van der Waals surface area contributed by atoms with Crippen molar-refractivity contribution in [2.24, 2.45) is 0 Å². The molecule has 0 radical (unpaired) electrons. The summed E-state index contributed by atoms with van der Waals surface area (Å²) in [5.74, 6) is 0.0147. The zero-order valence-corrected chi connectivity index (χ0v) is 14.7. The fraction of sp³-hybridized carbons (Fsp3) is 0.400. The van der Waals surface area contributed by atoms with Crippen molar-refractivity contribution < 1.29 is 27.5 Å². The van der Waals surface area contributed by atoms with Gasteiger partial charge in [0.05, 0.1) is 13.1 Å². The van der Waals surface area contributed by atoms with Crippen LogP contribution in [0.15, 0.2) is 30.3 Å². The standard InChI is InChI=1S/C20H23NO2.ClH/c1-2-3-10-21-11-9-13-5-4-6-15-18(13)16(21)12-14-7-8-17(22)20(23)19(14)15;/h4-8,16,22-23H,2-3,9-12H2,1H3;1H/t16-;/m1./s1. The third kappa shape index (κ3) is 2.56. The van der Waals surface area contributed by atoms with Gasteiger partial charge in [0.2, 0.25) is 0 Å². The summed E-state index contributed by atoms with van der Waals surface area (Å²) in [6.07, 6.45) is 4.55. The zero-order chi connectivity index (χ0) is 16.0. The molecular formula is C20H24ClNO2. The molecule has 1 aliphatic carbocycles. The summed E-state index contributed by atoms with van der Waals surface area (Å²) in [5.41, 5.74) is 5.94. The van der Waals surface area contributed by atoms with E-state index in [1.165, 1.54) is 37.1 Å². The summed E-state index contributed by atoms with van der Waals surface area (Å²) in [7, 11) is 0. The molecule has 0 amide bonds. The van der Waals surface area contributed by atoms with Gasteiger partial charge in [-0.25, -0.2) is 0 Å². The Labute approximate surface area is 149 Å². The highest BCUT2D eigenvalue weighted by atomic mass is 35.5. The number of hydrogen-bond acceptors (Lipinski definition) is 2. The Balaban J connectivity index is 0.00000169. The van der Waals surface area contributed by atoms with Crippen LogP contribution < -0.4 is 17.3 Å². The fourth-order valence-electron chi connectivity index (χ4n) is 4.40. The summed E-state index contributed by atoms with van der Waals surface area (Å²) in [6, 6.07) is 10.5. The molecule has 0 aromatic heterocycles. The predicted octanol–water partition coefficient (Wildman–Crippen LogP) is -0.393. The quantitative estimate of drug-likeness (QED) is 0.663. The number of unbranched alkanes of at least 4 members (excludes halogenated alkanes) is 1. The highest BCUT2D eigenvalue weighted by Gasteiger charge is 2.38. The van der Waals surface area contributed by atoms with Crippen LogP contribution in [0.3, 0.4) is 0 Å². The zero-order valence-electron chi connectivity index (χ0n) is 14.0. The van der Waals surface area contributed by atoms with Gasteiger partial charge in [0.25, 0.3) is 0 Å². The highest BCUT2D eigenvalue weighted by molar-refractivity contribution is 5.81. The molecule has 2 atom stereocenters. The van der Waals surface area contributed by atoms with Crippen LogP contribution in [-0.4, -0.2) is 23.3 Å². The summed E-state index contributed by atoms with van der Waals surface area (Å²) >= 11 is 0. The maximum atomic E-state index is 10.4. The van der Waals surface area contributed by atoms with Crippen molar-refractivity contribution in [2.45, 2.75) is 38.6 Å². The Morgan fingerprint density at radius 3 is 2.75 bits per heavy atom. The van der Waals surface area contributed by atoms with Gasteiger partial charge in [0.15, 0.2) is 11.5 Å². The second kappa shape index (κ2) is 6.66. The lowest BCUT2D eigenvalue weighted by Crippen LogP contribution is -3.13. The van der Waals surface area contributed by atoms with Crippen LogP contribution in [0.5, 0.6) is 11.5 Å². The number of benzene rings is 2. The minimum atomic E-state index is -0.0224. The van der Waals surface area contributed by atoms with Crippen molar-refractivity contribution in [3.8, 4) is 22.6 Å². The van der Waals surface area contributed by atoms with E-state index in [1.54, 1.807) is 11.0 Å². The number of fused-ring (bicyclic) bond motifs is 2. The third-order valence-electron chi connectivity index (χ3n) is 5.54. The van der Waals surface area contributed by atoms with E-state index < -0.39 is 0 Å². The lowest BCUT2D eigenvalue weighted by Gasteiger charge is -2.39. The Hall–Kier alpha value is -1.71. The van der Waals surface area contributed by atoms with Crippen molar-refractivity contribution in [3.63, 3.8) is 0 Å². The van der Waals surface area contributed by atoms with Crippen molar-refractivity contribution in [3.05, 3.63) is 47.0 Å². The summed E-state index contributed by atoms with van der Waals surface area (Å²) in [4.78, 5) is 1.67. The average molecular weight is 346 g/mol. The number of aromatic hydroxyl groups is 2. The van der Waals surface area contributed by atoms with Crippen LogP contribution in [-0.2, 0) is 12.8 Å². The number of phenolic OH excluding ortho intramolecular Hbond substituents is 2. The highest BCUT2D eigenvalue weighted by Crippen LogP contribution is 2.47. The molecule has 128 valence electrons. The molecule has 3 N–H and O–H groups in total. The first kappa shape index (κ1) is 17.1. The smallest absolute Gasteiger partial charge is 0.165 e. The number of phenols is 2. The molecule has 0 bridgehead atoms. The molecule has 4 rings (SSSR count). The van der Waals surface area contributed by atoms with Gasteiger partial charge in [-0.1, -0.05) is 37.6 Å². The van der Waals surface area contributed by atoms with Gasteiger partial charge < -0.3 is 27.5 Å². The van der Waals surface area contributed by atoms with E-state index in [-0.39, 0.29) is 23.9 Å². The molecule has 2 aliphatic rings. The first-order valence-corrected chi connectivity index (χ1v) is 8.71. The van der Waals surface area contributed by atoms with Crippen LogP contribution in [0.25, 0.3) is 11.1 Å². The van der Waals surface area contributed by atoms with E-state index in [9.17, 15) is 10.2 Å². The minimum Gasteiger partial charge on any atom is -1.00 e. The maximum Gasteiger partial charge on any atom is 0.165 e. The van der Waals surface area contributed by atoms with Gasteiger partial charge in [-0.05, 0) is 29.2 Å². The lowest BCUT2D eigenvalue weighted by atomic mass is 9.76. The number of hydrogen-bond donors (Lipinski definition) is 3. The second-order valence-corrected chi connectivity index (χ2v) is 6.86. The third-order valence-corrected chi connectivity index (χ3v) is 5.54. The summed E-state index contributed by atoms with van der Waals surface area (Å²) < 4.78 is 0. The second-order valence-electron chi connectivity index (χ2n) is 6.86. The van der Waals surface area contributed by atoms with Gasteiger partial charge >= 0.3 is 0 Å². The Morgan fingerprint density at radius 2 is 1.96 bits per heavy atom. The fourth-order valence-corrected chi connectivity index (χ4v) is 4.40. The molecule has 0 saturated heterocycles. The molecular weight excluding hydrogens is 322 g/mol. The Morgan fingerprint density at radius 1 is 1.12 bits per heavy atom. The average Bonchev–Trinajstić information content (AvgIpc) is 2.57. The van der Waals surface area contributed by atoms with Crippen LogP contribution >= 0.6 is 0 Å². The van der Waals surface area contributed by atoms with E-state index in [4.69, 9.17) is 0 Å². The molecule has 0 saturated carbocycles. The van der Waals surface area contributed by atoms with Gasteiger partial charge in [0.1, 0.15) is 6.04 Å². The van der Waals surface area contributed by atoms with Crippen molar-refractivity contribution >= 4 is 0 Å². The van der Waals surface area contributed by atoms with Crippen LogP contribution in [0.1, 0.15) is 42.5 Å². The number of quaternary nitrogens is 1. The van der Waals surface area contributed by atoms with Crippen LogP contribution in [0.2, 0.25) is 0 Å². The molecule has 3 nitrogen and oxygen atoms in total. The molecule has 24 heavy (non-hydrogen) atoms. The molecule has 2 aromatic rings. The predicted molar refractivity (Wildman–Crippen MR) is 91.0 cm³/mol. The molecule has 0 spiro atoms. The topological polar surface area (TPSA) is 44.9 Å². The van der Waals surface area contributed by atoms with Crippen molar-refractivity contribution in [1.82, 2.24) is 0 Å². The van der Waals surface area contributed by atoms with E-state index >= 15 is 0 Å². The van der Waals surface area contributed by atoms with E-state index in [1.807, 2.05) is 6.07 Å². The van der Waals surface area contributed by atoms with E-state index in [0.29, 0.717) is 6.04 Å². The number of halogens is 1. The van der Waals surface area contributed by atoms with Gasteiger partial charge in [-0.15, -0.1) is 0 Å². The monoisotopic (exact) mass is 345 g/mol. The van der Waals surface area contributed by atoms with Gasteiger partial charge in [0, 0.05) is 24.0 Å². The summed E-state index contributed by atoms with van der Waals surface area (Å²) in [6.45, 7) is 4.66. The van der Waals surface area contributed by atoms with Crippen LogP contribution in [0.4, 0.5) is 0 Å². The molecule has 1 aliphatic heterocycles.